The van der Waals surface area contributed by atoms with Gasteiger partial charge < -0.3 is 15.0 Å². The summed E-state index contributed by atoms with van der Waals surface area (Å²) in [4.78, 5) is 34.9. The summed E-state index contributed by atoms with van der Waals surface area (Å²) in [6.07, 6.45) is 6.07. The number of alkyl halides is 2. The highest BCUT2D eigenvalue weighted by molar-refractivity contribution is 7.13. The Morgan fingerprint density at radius 3 is 2.78 bits per heavy atom. The molecule has 0 saturated heterocycles. The van der Waals surface area contributed by atoms with Gasteiger partial charge in [0.15, 0.2) is 6.61 Å². The largest absolute Gasteiger partial charge is 0.464 e. The molecule has 0 atom stereocenters. The lowest BCUT2D eigenvalue weighted by Gasteiger charge is -2.32. The molecule has 1 aromatic carbocycles. The minimum Gasteiger partial charge on any atom is -0.464 e. The van der Waals surface area contributed by atoms with E-state index in [1.807, 2.05) is 6.07 Å². The summed E-state index contributed by atoms with van der Waals surface area (Å²) in [6, 6.07) is 5.55. The van der Waals surface area contributed by atoms with E-state index in [0.29, 0.717) is 28.8 Å². The van der Waals surface area contributed by atoms with Crippen LogP contribution in [-0.4, -0.2) is 65.3 Å². The number of hydrogen-bond donors (Lipinski definition) is 1. The Kier molecular flexibility index (Phi) is 7.49. The van der Waals surface area contributed by atoms with Crippen molar-refractivity contribution in [1.29, 1.82) is 0 Å². The molecule has 10 heteroatoms. The quantitative estimate of drug-likeness (QED) is 0.542. The fraction of sp³-hybridized carbons (Fsp3) is 0.593. The summed E-state index contributed by atoms with van der Waals surface area (Å²) in [5.74, 6) is -2.34. The summed E-state index contributed by atoms with van der Waals surface area (Å²) >= 11 is 1.39. The van der Waals surface area contributed by atoms with Crippen molar-refractivity contribution in [3.05, 3.63) is 45.5 Å². The standard InChI is InChI=1S/C27H34F2N4O3S/c1-27(28,29)16-36-26-31-22-15-33(13-11-23(22)37-26)12-10-17-6-8-18(9-7-17)30-24(34)19-4-3-5-20-21(19)14-32(2)25(20)35/h3-5,17-18H,6-16H2,1-2H3,(H,30,34). The smallest absolute Gasteiger partial charge is 0.278 e. The summed E-state index contributed by atoms with van der Waals surface area (Å²) < 4.78 is 31.4. The van der Waals surface area contributed by atoms with E-state index in [-0.39, 0.29) is 17.9 Å². The number of aromatic nitrogens is 1. The van der Waals surface area contributed by atoms with Gasteiger partial charge in [-0.3, -0.25) is 14.5 Å². The van der Waals surface area contributed by atoms with Crippen LogP contribution in [0.3, 0.4) is 0 Å². The van der Waals surface area contributed by atoms with Gasteiger partial charge in [0.05, 0.1) is 5.69 Å². The summed E-state index contributed by atoms with van der Waals surface area (Å²) in [5.41, 5.74) is 3.03. The molecule has 3 heterocycles. The van der Waals surface area contributed by atoms with Crippen molar-refractivity contribution in [1.82, 2.24) is 20.1 Å². The number of rotatable bonds is 8. The van der Waals surface area contributed by atoms with Crippen LogP contribution in [0.25, 0.3) is 0 Å². The molecule has 1 N–H and O–H groups in total. The lowest BCUT2D eigenvalue weighted by molar-refractivity contribution is -0.0230. The minimum absolute atomic E-state index is 0.0280. The summed E-state index contributed by atoms with van der Waals surface area (Å²) in [7, 11) is 1.76. The molecule has 3 aliphatic rings. The Bertz CT molecular complexity index is 1160. The van der Waals surface area contributed by atoms with Crippen molar-refractivity contribution in [2.45, 2.75) is 70.5 Å². The molecule has 1 aliphatic carbocycles. The van der Waals surface area contributed by atoms with Gasteiger partial charge in [0.1, 0.15) is 0 Å². The molecule has 0 unspecified atom stereocenters. The van der Waals surface area contributed by atoms with Gasteiger partial charge in [-0.25, -0.2) is 13.8 Å². The lowest BCUT2D eigenvalue weighted by Crippen LogP contribution is -2.38. The number of amides is 2. The second-order valence-electron chi connectivity index (χ2n) is 10.7. The molecule has 0 spiro atoms. The zero-order valence-corrected chi connectivity index (χ0v) is 22.2. The van der Waals surface area contributed by atoms with Gasteiger partial charge in [-0.1, -0.05) is 17.4 Å². The van der Waals surface area contributed by atoms with Crippen LogP contribution in [0.5, 0.6) is 5.19 Å². The van der Waals surface area contributed by atoms with E-state index in [1.54, 1.807) is 24.1 Å². The van der Waals surface area contributed by atoms with Gasteiger partial charge in [-0.05, 0) is 68.7 Å². The van der Waals surface area contributed by atoms with E-state index in [1.165, 1.54) is 11.3 Å². The molecule has 7 nitrogen and oxygen atoms in total. The predicted octanol–water partition coefficient (Wildman–Crippen LogP) is 4.50. The molecule has 1 saturated carbocycles. The Balaban J connectivity index is 1.06. The molecule has 2 aliphatic heterocycles. The average Bonchev–Trinajstić information content (AvgIpc) is 3.41. The maximum atomic E-state index is 13.1. The van der Waals surface area contributed by atoms with Crippen molar-refractivity contribution in [3.8, 4) is 5.19 Å². The van der Waals surface area contributed by atoms with Gasteiger partial charge in [-0.2, -0.15) is 0 Å². The highest BCUT2D eigenvalue weighted by Gasteiger charge is 2.30. The Labute approximate surface area is 220 Å². The number of carbonyl (C=O) groups excluding carboxylic acids is 2. The molecule has 200 valence electrons. The van der Waals surface area contributed by atoms with Crippen LogP contribution >= 0.6 is 11.3 Å². The third-order valence-corrected chi connectivity index (χ3v) is 8.73. The van der Waals surface area contributed by atoms with Crippen LogP contribution in [0.15, 0.2) is 18.2 Å². The van der Waals surface area contributed by atoms with Crippen LogP contribution in [-0.2, 0) is 19.5 Å². The fourth-order valence-corrected chi connectivity index (χ4v) is 6.48. The molecule has 1 fully saturated rings. The molecule has 2 aromatic rings. The first-order valence-electron chi connectivity index (χ1n) is 13.1. The number of ether oxygens (including phenoxy) is 1. The van der Waals surface area contributed by atoms with Crippen molar-refractivity contribution in [2.24, 2.45) is 5.92 Å². The van der Waals surface area contributed by atoms with Gasteiger partial charge in [0.2, 0.25) is 0 Å². The topological polar surface area (TPSA) is 74.8 Å². The van der Waals surface area contributed by atoms with Crippen molar-refractivity contribution in [2.75, 3.05) is 26.7 Å². The van der Waals surface area contributed by atoms with Crippen LogP contribution in [0, 0.1) is 5.92 Å². The molecule has 1 aromatic heterocycles. The summed E-state index contributed by atoms with van der Waals surface area (Å²) in [5, 5.41) is 3.55. The first-order chi connectivity index (χ1) is 17.7. The second-order valence-corrected chi connectivity index (χ2v) is 11.8. The van der Waals surface area contributed by atoms with E-state index in [4.69, 9.17) is 4.74 Å². The third kappa shape index (κ3) is 6.12. The number of benzene rings is 1. The monoisotopic (exact) mass is 532 g/mol. The summed E-state index contributed by atoms with van der Waals surface area (Å²) in [6.45, 7) is 3.36. The highest BCUT2D eigenvalue weighted by atomic mass is 32.1. The van der Waals surface area contributed by atoms with Crippen LogP contribution in [0.1, 0.15) is 75.9 Å². The Hall–Kier alpha value is -2.59. The number of fused-ring (bicyclic) bond motifs is 2. The first kappa shape index (κ1) is 26.0. The highest BCUT2D eigenvalue weighted by Crippen LogP contribution is 2.32. The molecule has 5 rings (SSSR count). The number of carbonyl (C=O) groups is 2. The number of nitrogens with zero attached hydrogens (tertiary/aromatic N) is 3. The van der Waals surface area contributed by atoms with Gasteiger partial charge >= 0.3 is 0 Å². The number of nitrogens with one attached hydrogen (secondary N) is 1. The SMILES string of the molecule is CN1Cc2c(C(=O)NC3CCC(CCN4CCc5sc(OCC(C)(F)F)nc5C4)CC3)cccc2C1=O. The van der Waals surface area contributed by atoms with E-state index >= 15 is 0 Å². The zero-order chi connectivity index (χ0) is 26.2. The van der Waals surface area contributed by atoms with E-state index < -0.39 is 12.5 Å². The van der Waals surface area contributed by atoms with Crippen LogP contribution in [0.2, 0.25) is 0 Å². The maximum Gasteiger partial charge on any atom is 0.278 e. The molecule has 0 radical (unpaired) electrons. The van der Waals surface area contributed by atoms with E-state index in [2.05, 4.69) is 15.2 Å². The molecule has 2 amide bonds. The maximum absolute atomic E-state index is 13.1. The average molecular weight is 533 g/mol. The molecular formula is C27H34F2N4O3S. The van der Waals surface area contributed by atoms with E-state index in [9.17, 15) is 18.4 Å². The Morgan fingerprint density at radius 1 is 1.24 bits per heavy atom. The van der Waals surface area contributed by atoms with E-state index in [0.717, 1.165) is 81.2 Å². The third-order valence-electron chi connectivity index (χ3n) is 7.66. The Morgan fingerprint density at radius 2 is 2.03 bits per heavy atom. The van der Waals surface area contributed by atoms with Crippen LogP contribution < -0.4 is 10.1 Å². The van der Waals surface area contributed by atoms with Crippen LogP contribution in [0.4, 0.5) is 8.78 Å². The van der Waals surface area contributed by atoms with Crippen molar-refractivity contribution >= 4 is 23.2 Å². The molecule has 37 heavy (non-hydrogen) atoms. The zero-order valence-electron chi connectivity index (χ0n) is 21.4. The van der Waals surface area contributed by atoms with Gasteiger partial charge in [0.25, 0.3) is 22.9 Å². The number of hydrogen-bond acceptors (Lipinski definition) is 6. The van der Waals surface area contributed by atoms with Crippen molar-refractivity contribution in [3.63, 3.8) is 0 Å². The molecular weight excluding hydrogens is 498 g/mol. The fourth-order valence-electron chi connectivity index (χ4n) is 5.58. The number of halogens is 2. The van der Waals surface area contributed by atoms with Crippen molar-refractivity contribution < 1.29 is 23.1 Å². The second kappa shape index (κ2) is 10.6. The predicted molar refractivity (Wildman–Crippen MR) is 137 cm³/mol. The first-order valence-corrected chi connectivity index (χ1v) is 13.9. The number of thiazole rings is 1. The lowest BCUT2D eigenvalue weighted by atomic mass is 9.83. The van der Waals surface area contributed by atoms with Gasteiger partial charge in [-0.15, -0.1) is 0 Å². The van der Waals surface area contributed by atoms with Gasteiger partial charge in [0, 0.05) is 55.7 Å². The minimum atomic E-state index is -2.86. The molecule has 0 bridgehead atoms. The normalized spacial score (nSPS) is 22.1.